The Morgan fingerprint density at radius 2 is 2.06 bits per heavy atom. The van der Waals surface area contributed by atoms with E-state index in [-0.39, 0.29) is 11.2 Å². The van der Waals surface area contributed by atoms with Crippen molar-refractivity contribution in [1.29, 1.82) is 0 Å². The van der Waals surface area contributed by atoms with Gasteiger partial charge in [0.05, 0.1) is 0 Å². The maximum absolute atomic E-state index is 13.1. The molecule has 2 nitrogen and oxygen atoms in total. The fourth-order valence-corrected chi connectivity index (χ4v) is 2.00. The van der Waals surface area contributed by atoms with Crippen LogP contribution in [0.3, 0.4) is 0 Å². The molecule has 3 heteroatoms. The van der Waals surface area contributed by atoms with E-state index in [9.17, 15) is 4.39 Å². The van der Waals surface area contributed by atoms with Crippen molar-refractivity contribution in [2.24, 2.45) is 11.1 Å². The number of hydrogen-bond acceptors (Lipinski definition) is 2. The van der Waals surface area contributed by atoms with E-state index in [1.165, 1.54) is 5.56 Å². The second-order valence-electron chi connectivity index (χ2n) is 5.71. The molecule has 1 aromatic rings. The van der Waals surface area contributed by atoms with Crippen molar-refractivity contribution in [3.05, 3.63) is 35.1 Å². The Kier molecular flexibility index (Phi) is 5.76. The first kappa shape index (κ1) is 15.1. The fraction of sp³-hybridized carbons (Fsp3) is 0.600. The third-order valence-electron chi connectivity index (χ3n) is 3.24. The molecule has 0 unspecified atom stereocenters. The standard InChI is InChI=1S/C15H25FN2/c1-12-10-13(4-5-14(12)16)6-9-18-11-15(2,3)7-8-17/h4-5,10,18H,6-9,11,17H2,1-3H3. The highest BCUT2D eigenvalue weighted by atomic mass is 19.1. The number of hydrogen-bond donors (Lipinski definition) is 2. The topological polar surface area (TPSA) is 38.0 Å². The average molecular weight is 252 g/mol. The number of benzene rings is 1. The Morgan fingerprint density at radius 1 is 1.33 bits per heavy atom. The SMILES string of the molecule is Cc1cc(CCNCC(C)(C)CCN)ccc1F. The van der Waals surface area contributed by atoms with Crippen LogP contribution in [0, 0.1) is 18.2 Å². The van der Waals surface area contributed by atoms with Crippen LogP contribution in [0.5, 0.6) is 0 Å². The molecule has 18 heavy (non-hydrogen) atoms. The molecular formula is C15H25FN2. The Balaban J connectivity index is 2.31. The highest BCUT2D eigenvalue weighted by Gasteiger charge is 2.15. The lowest BCUT2D eigenvalue weighted by Gasteiger charge is -2.24. The summed E-state index contributed by atoms with van der Waals surface area (Å²) in [6.07, 6.45) is 1.95. The number of halogens is 1. The summed E-state index contributed by atoms with van der Waals surface area (Å²) in [5, 5.41) is 3.44. The van der Waals surface area contributed by atoms with Crippen LogP contribution in [0.25, 0.3) is 0 Å². The largest absolute Gasteiger partial charge is 0.330 e. The molecular weight excluding hydrogens is 227 g/mol. The molecule has 102 valence electrons. The molecule has 1 aromatic carbocycles. The van der Waals surface area contributed by atoms with E-state index in [1.807, 2.05) is 12.1 Å². The summed E-state index contributed by atoms with van der Waals surface area (Å²) in [6, 6.07) is 5.32. The number of aryl methyl sites for hydroxylation is 1. The van der Waals surface area contributed by atoms with Crippen LogP contribution in [0.2, 0.25) is 0 Å². The van der Waals surface area contributed by atoms with E-state index in [1.54, 1.807) is 13.0 Å². The molecule has 0 spiro atoms. The van der Waals surface area contributed by atoms with Crippen LogP contribution in [0.15, 0.2) is 18.2 Å². The molecule has 0 atom stereocenters. The first-order valence-corrected chi connectivity index (χ1v) is 6.60. The average Bonchev–Trinajstić information content (AvgIpc) is 2.29. The van der Waals surface area contributed by atoms with Gasteiger partial charge in [0.1, 0.15) is 5.82 Å². The van der Waals surface area contributed by atoms with Crippen LogP contribution in [-0.4, -0.2) is 19.6 Å². The lowest BCUT2D eigenvalue weighted by atomic mass is 9.89. The highest BCUT2D eigenvalue weighted by molar-refractivity contribution is 5.24. The second kappa shape index (κ2) is 6.86. The minimum Gasteiger partial charge on any atom is -0.330 e. The van der Waals surface area contributed by atoms with Gasteiger partial charge in [0.2, 0.25) is 0 Å². The Morgan fingerprint density at radius 3 is 2.67 bits per heavy atom. The zero-order valence-corrected chi connectivity index (χ0v) is 11.7. The first-order chi connectivity index (χ1) is 8.44. The van der Waals surface area contributed by atoms with Gasteiger partial charge in [-0.05, 0) is 55.5 Å². The van der Waals surface area contributed by atoms with Gasteiger partial charge in [-0.1, -0.05) is 26.0 Å². The van der Waals surface area contributed by atoms with Crippen LogP contribution in [0.1, 0.15) is 31.4 Å². The van der Waals surface area contributed by atoms with E-state index in [2.05, 4.69) is 19.2 Å². The molecule has 0 aliphatic heterocycles. The van der Waals surface area contributed by atoms with Gasteiger partial charge in [0.25, 0.3) is 0 Å². The zero-order chi connectivity index (χ0) is 13.6. The van der Waals surface area contributed by atoms with E-state index in [4.69, 9.17) is 5.73 Å². The summed E-state index contributed by atoms with van der Waals surface area (Å²) >= 11 is 0. The van der Waals surface area contributed by atoms with Crippen molar-refractivity contribution >= 4 is 0 Å². The number of rotatable bonds is 7. The highest BCUT2D eigenvalue weighted by Crippen LogP contribution is 2.17. The van der Waals surface area contributed by atoms with Gasteiger partial charge in [-0.15, -0.1) is 0 Å². The molecule has 1 rings (SSSR count). The van der Waals surface area contributed by atoms with Crippen LogP contribution < -0.4 is 11.1 Å². The van der Waals surface area contributed by atoms with Crippen LogP contribution >= 0.6 is 0 Å². The second-order valence-corrected chi connectivity index (χ2v) is 5.71. The number of nitrogens with one attached hydrogen (secondary N) is 1. The lowest BCUT2D eigenvalue weighted by Crippen LogP contribution is -2.32. The van der Waals surface area contributed by atoms with E-state index in [0.29, 0.717) is 0 Å². The van der Waals surface area contributed by atoms with Crippen molar-refractivity contribution in [2.45, 2.75) is 33.6 Å². The Hall–Kier alpha value is -0.930. The smallest absolute Gasteiger partial charge is 0.126 e. The zero-order valence-electron chi connectivity index (χ0n) is 11.7. The predicted molar refractivity (Wildman–Crippen MR) is 75.2 cm³/mol. The van der Waals surface area contributed by atoms with Gasteiger partial charge in [0, 0.05) is 6.54 Å². The van der Waals surface area contributed by atoms with Crippen molar-refractivity contribution in [2.75, 3.05) is 19.6 Å². The normalized spacial score (nSPS) is 11.8. The molecule has 0 saturated heterocycles. The molecule has 0 radical (unpaired) electrons. The summed E-state index contributed by atoms with van der Waals surface area (Å²) in [5.41, 5.74) is 7.72. The minimum absolute atomic E-state index is 0.129. The summed E-state index contributed by atoms with van der Waals surface area (Å²) in [5.74, 6) is -0.129. The third kappa shape index (κ3) is 5.15. The Labute approximate surface area is 110 Å². The van der Waals surface area contributed by atoms with Gasteiger partial charge in [-0.25, -0.2) is 4.39 Å². The first-order valence-electron chi connectivity index (χ1n) is 6.60. The monoisotopic (exact) mass is 252 g/mol. The van der Waals surface area contributed by atoms with Crippen molar-refractivity contribution < 1.29 is 4.39 Å². The summed E-state index contributed by atoms with van der Waals surface area (Å²) in [7, 11) is 0. The molecule has 0 fully saturated rings. The van der Waals surface area contributed by atoms with Gasteiger partial charge < -0.3 is 11.1 Å². The van der Waals surface area contributed by atoms with Gasteiger partial charge in [-0.3, -0.25) is 0 Å². The van der Waals surface area contributed by atoms with Crippen molar-refractivity contribution in [3.8, 4) is 0 Å². The van der Waals surface area contributed by atoms with Gasteiger partial charge in [0.15, 0.2) is 0 Å². The molecule has 0 saturated carbocycles. The molecule has 3 N–H and O–H groups in total. The van der Waals surface area contributed by atoms with Crippen molar-refractivity contribution in [1.82, 2.24) is 5.32 Å². The third-order valence-corrected chi connectivity index (χ3v) is 3.24. The minimum atomic E-state index is -0.129. The molecule has 0 bridgehead atoms. The van der Waals surface area contributed by atoms with Crippen LogP contribution in [-0.2, 0) is 6.42 Å². The predicted octanol–water partition coefficient (Wildman–Crippen LogP) is 2.64. The lowest BCUT2D eigenvalue weighted by molar-refractivity contribution is 0.321. The van der Waals surface area contributed by atoms with Crippen LogP contribution in [0.4, 0.5) is 4.39 Å². The summed E-state index contributed by atoms with van der Waals surface area (Å²) in [4.78, 5) is 0. The summed E-state index contributed by atoms with van der Waals surface area (Å²) < 4.78 is 13.1. The molecule has 0 amide bonds. The number of nitrogens with two attached hydrogens (primary N) is 1. The molecule has 0 aliphatic rings. The fourth-order valence-electron chi connectivity index (χ4n) is 2.00. The maximum Gasteiger partial charge on any atom is 0.126 e. The van der Waals surface area contributed by atoms with E-state index < -0.39 is 0 Å². The Bertz CT molecular complexity index is 375. The summed E-state index contributed by atoms with van der Waals surface area (Å²) in [6.45, 7) is 8.84. The van der Waals surface area contributed by atoms with Gasteiger partial charge >= 0.3 is 0 Å². The van der Waals surface area contributed by atoms with E-state index >= 15 is 0 Å². The maximum atomic E-state index is 13.1. The van der Waals surface area contributed by atoms with E-state index in [0.717, 1.165) is 38.0 Å². The quantitative estimate of drug-likeness (QED) is 0.732. The molecule has 0 aliphatic carbocycles. The molecule has 0 aromatic heterocycles. The van der Waals surface area contributed by atoms with Crippen molar-refractivity contribution in [3.63, 3.8) is 0 Å². The molecule has 0 heterocycles. The van der Waals surface area contributed by atoms with Gasteiger partial charge in [-0.2, -0.15) is 0 Å².